The van der Waals surface area contributed by atoms with Crippen molar-refractivity contribution < 1.29 is 14.5 Å². The summed E-state index contributed by atoms with van der Waals surface area (Å²) >= 11 is 6.04. The maximum absolute atomic E-state index is 14.5. The van der Waals surface area contributed by atoms with Gasteiger partial charge in [0.05, 0.1) is 39.0 Å². The van der Waals surface area contributed by atoms with Crippen molar-refractivity contribution in [1.29, 1.82) is 0 Å². The van der Waals surface area contributed by atoms with Gasteiger partial charge < -0.3 is 0 Å². The van der Waals surface area contributed by atoms with E-state index in [0.717, 1.165) is 11.0 Å². The van der Waals surface area contributed by atoms with Crippen LogP contribution < -0.4 is 15.8 Å². The van der Waals surface area contributed by atoms with Crippen LogP contribution >= 0.6 is 11.6 Å². The fraction of sp³-hybridized carbons (Fsp3) is 0.267. The summed E-state index contributed by atoms with van der Waals surface area (Å²) in [5.41, 5.74) is -0.0757. The van der Waals surface area contributed by atoms with Crippen LogP contribution in [0.25, 0.3) is 16.6 Å². The van der Waals surface area contributed by atoms with Gasteiger partial charge >= 0.3 is 0 Å². The number of benzene rings is 3. The molecule has 3 aromatic carbocycles. The molecule has 3 aliphatic heterocycles. The average molecular weight is 570 g/mol. The molecule has 3 aliphatic rings. The lowest BCUT2D eigenvalue weighted by Crippen LogP contribution is -2.50. The highest BCUT2D eigenvalue weighted by atomic mass is 35.5. The smallest absolute Gasteiger partial charge is 0.289 e. The third kappa shape index (κ3) is 3.34. The van der Waals surface area contributed by atoms with Crippen LogP contribution in [0.4, 0.5) is 11.4 Å². The lowest BCUT2D eigenvalue weighted by Gasteiger charge is -2.32. The van der Waals surface area contributed by atoms with Gasteiger partial charge in [-0.2, -0.15) is 0 Å². The van der Waals surface area contributed by atoms with Gasteiger partial charge in [0.25, 0.3) is 11.2 Å². The standard InChI is InChI=1S/C30H24ClN5O5/c1-15(2)13-21-24-25(28(39)34(27(24)38)16-11-12-19(31)23(14-16)36(40)41)30(33-21)18-8-4-6-10-22(18)35-26(37)17-7-3-5-9-20(17)32-29(30)35/h3-12,14-15,21,24-25,33H,13H2,1-2H3/t21?,24-,25+,30?/m0/s1. The predicted molar refractivity (Wildman–Crippen MR) is 152 cm³/mol. The van der Waals surface area contributed by atoms with E-state index in [1.807, 2.05) is 38.1 Å². The Kier molecular flexibility index (Phi) is 5.48. The van der Waals surface area contributed by atoms with Crippen LogP contribution in [-0.2, 0) is 15.1 Å². The van der Waals surface area contributed by atoms with Crippen molar-refractivity contribution in [2.24, 2.45) is 17.8 Å². The minimum Gasteiger partial charge on any atom is -0.297 e. The van der Waals surface area contributed by atoms with Crippen molar-refractivity contribution in [3.63, 3.8) is 0 Å². The monoisotopic (exact) mass is 569 g/mol. The Labute approximate surface area is 238 Å². The number of nitro benzene ring substituents is 1. The molecule has 2 saturated heterocycles. The Morgan fingerprint density at radius 1 is 1.05 bits per heavy atom. The fourth-order valence-corrected chi connectivity index (χ4v) is 7.15. The summed E-state index contributed by atoms with van der Waals surface area (Å²) in [5, 5.41) is 15.6. The van der Waals surface area contributed by atoms with Gasteiger partial charge in [-0.05, 0) is 42.7 Å². The summed E-state index contributed by atoms with van der Waals surface area (Å²) in [7, 11) is 0. The van der Waals surface area contributed by atoms with E-state index in [2.05, 4.69) is 5.32 Å². The van der Waals surface area contributed by atoms with Crippen molar-refractivity contribution in [1.82, 2.24) is 14.9 Å². The molecule has 41 heavy (non-hydrogen) atoms. The number of para-hydroxylation sites is 2. The first-order valence-corrected chi connectivity index (χ1v) is 13.7. The van der Waals surface area contributed by atoms with Gasteiger partial charge in [0.15, 0.2) is 0 Å². The zero-order valence-corrected chi connectivity index (χ0v) is 22.8. The fourth-order valence-electron chi connectivity index (χ4n) is 6.96. The first kappa shape index (κ1) is 25.6. The van der Waals surface area contributed by atoms with Gasteiger partial charge in [-0.25, -0.2) is 9.88 Å². The molecule has 2 unspecified atom stereocenters. The number of nitrogens with one attached hydrogen (secondary N) is 1. The van der Waals surface area contributed by atoms with Gasteiger partial charge in [0, 0.05) is 17.7 Å². The number of amides is 2. The zero-order chi connectivity index (χ0) is 28.8. The number of nitrogens with zero attached hydrogens (tertiary/aromatic N) is 4. The Balaban J connectivity index is 1.50. The second-order valence-corrected chi connectivity index (χ2v) is 11.6. The highest BCUT2D eigenvalue weighted by Crippen LogP contribution is 2.56. The van der Waals surface area contributed by atoms with Gasteiger partial charge in [-0.3, -0.25) is 34.4 Å². The highest BCUT2D eigenvalue weighted by Gasteiger charge is 2.69. The van der Waals surface area contributed by atoms with Gasteiger partial charge in [-0.15, -0.1) is 0 Å². The number of carbonyl (C=O) groups is 2. The molecule has 206 valence electrons. The van der Waals surface area contributed by atoms with Gasteiger partial charge in [0.2, 0.25) is 11.8 Å². The molecule has 1 spiro atoms. The predicted octanol–water partition coefficient (Wildman–Crippen LogP) is 4.33. The van der Waals surface area contributed by atoms with Gasteiger partial charge in [0.1, 0.15) is 16.4 Å². The molecule has 0 saturated carbocycles. The second-order valence-electron chi connectivity index (χ2n) is 11.2. The van der Waals surface area contributed by atoms with Crippen LogP contribution in [0.3, 0.4) is 0 Å². The van der Waals surface area contributed by atoms with Crippen LogP contribution in [0.2, 0.25) is 5.02 Å². The summed E-state index contributed by atoms with van der Waals surface area (Å²) in [6.07, 6.45) is 0.580. The largest absolute Gasteiger partial charge is 0.297 e. The van der Waals surface area contributed by atoms with Crippen molar-refractivity contribution >= 4 is 45.7 Å². The number of hydrogen-bond donors (Lipinski definition) is 1. The summed E-state index contributed by atoms with van der Waals surface area (Å²) in [6.45, 7) is 4.08. The summed E-state index contributed by atoms with van der Waals surface area (Å²) < 4.78 is 1.55. The molecule has 2 fully saturated rings. The molecule has 4 heterocycles. The lowest BCUT2D eigenvalue weighted by molar-refractivity contribution is -0.384. The quantitative estimate of drug-likeness (QED) is 0.220. The van der Waals surface area contributed by atoms with E-state index in [1.54, 1.807) is 28.8 Å². The van der Waals surface area contributed by atoms with Crippen molar-refractivity contribution in [2.75, 3.05) is 4.90 Å². The third-order valence-electron chi connectivity index (χ3n) is 8.47. The SMILES string of the molecule is CC(C)CC1NC2(c3ccccc3-n3c2nc2ccccc2c3=O)[C@H]2C(=O)N(c3ccc(Cl)c([N+](=O)[O-])c3)C(=O)[C@@H]12. The molecule has 11 heteroatoms. The highest BCUT2D eigenvalue weighted by molar-refractivity contribution is 6.33. The van der Waals surface area contributed by atoms with E-state index in [0.29, 0.717) is 34.4 Å². The van der Waals surface area contributed by atoms with Crippen LogP contribution in [0.1, 0.15) is 31.7 Å². The Hall–Kier alpha value is -4.41. The number of rotatable bonds is 4. The number of halogens is 1. The van der Waals surface area contributed by atoms with E-state index in [4.69, 9.17) is 16.6 Å². The molecule has 2 amide bonds. The van der Waals surface area contributed by atoms with Crippen LogP contribution in [0.15, 0.2) is 71.5 Å². The summed E-state index contributed by atoms with van der Waals surface area (Å²) in [6, 6.07) is 17.9. The number of carbonyl (C=O) groups excluding carboxylic acids is 2. The van der Waals surface area contributed by atoms with Crippen molar-refractivity contribution in [3.05, 3.63) is 104 Å². The molecule has 1 N–H and O–H groups in total. The lowest BCUT2D eigenvalue weighted by atomic mass is 9.75. The van der Waals surface area contributed by atoms with Crippen LogP contribution in [0, 0.1) is 27.9 Å². The van der Waals surface area contributed by atoms with Crippen molar-refractivity contribution in [2.45, 2.75) is 31.8 Å². The molecule has 10 nitrogen and oxygen atoms in total. The number of imide groups is 1. The van der Waals surface area contributed by atoms with E-state index in [1.165, 1.54) is 12.1 Å². The first-order chi connectivity index (χ1) is 19.6. The Morgan fingerprint density at radius 2 is 1.78 bits per heavy atom. The second kappa shape index (κ2) is 8.79. The van der Waals surface area contributed by atoms with E-state index < -0.39 is 45.8 Å². The normalized spacial score (nSPS) is 24.4. The molecule has 4 aromatic rings. The maximum Gasteiger partial charge on any atom is 0.289 e. The minimum atomic E-state index is -1.27. The number of anilines is 1. The third-order valence-corrected chi connectivity index (χ3v) is 8.79. The van der Waals surface area contributed by atoms with Gasteiger partial charge in [-0.1, -0.05) is 55.8 Å². The minimum absolute atomic E-state index is 0.0825. The van der Waals surface area contributed by atoms with Crippen LogP contribution in [-0.4, -0.2) is 32.3 Å². The van der Waals surface area contributed by atoms with Crippen molar-refractivity contribution in [3.8, 4) is 5.69 Å². The number of hydrogen-bond acceptors (Lipinski definition) is 7. The molecule has 0 radical (unpaired) electrons. The molecular formula is C30H24ClN5O5. The topological polar surface area (TPSA) is 127 Å². The molecular weight excluding hydrogens is 546 g/mol. The Bertz CT molecular complexity index is 1890. The van der Waals surface area contributed by atoms with E-state index in [9.17, 15) is 24.5 Å². The average Bonchev–Trinajstić information content (AvgIpc) is 3.52. The molecule has 7 rings (SSSR count). The molecule has 0 bridgehead atoms. The molecule has 4 atom stereocenters. The number of nitro groups is 1. The van der Waals surface area contributed by atoms with E-state index in [-0.39, 0.29) is 22.2 Å². The Morgan fingerprint density at radius 3 is 2.54 bits per heavy atom. The number of aromatic nitrogens is 2. The summed E-state index contributed by atoms with van der Waals surface area (Å²) in [4.78, 5) is 59.5. The van der Waals surface area contributed by atoms with Crippen LogP contribution in [0.5, 0.6) is 0 Å². The maximum atomic E-state index is 14.5. The van der Waals surface area contributed by atoms with E-state index >= 15 is 0 Å². The zero-order valence-electron chi connectivity index (χ0n) is 22.1. The first-order valence-electron chi connectivity index (χ1n) is 13.4. The number of fused-ring (bicyclic) bond motifs is 8. The molecule has 1 aromatic heterocycles. The molecule has 0 aliphatic carbocycles. The summed E-state index contributed by atoms with van der Waals surface area (Å²) in [5.74, 6) is -2.17.